The molecule has 1 rings (SSSR count). The second kappa shape index (κ2) is 4.51. The summed E-state index contributed by atoms with van der Waals surface area (Å²) in [5.41, 5.74) is 0. The van der Waals surface area contributed by atoms with Crippen molar-refractivity contribution in [2.45, 2.75) is 0 Å². The molecule has 0 saturated heterocycles. The number of carbonyl (C=O) groups excluding carboxylic acids is 1. The van der Waals surface area contributed by atoms with Gasteiger partial charge >= 0.3 is 0 Å². The summed E-state index contributed by atoms with van der Waals surface area (Å²) in [6.07, 6.45) is 0. The van der Waals surface area contributed by atoms with E-state index in [1.54, 1.807) is 7.05 Å². The highest BCUT2D eigenvalue weighted by atomic mass is 16.2. The zero-order valence-corrected chi connectivity index (χ0v) is 7.61. The normalized spacial score (nSPS) is 10.0. The lowest BCUT2D eigenvalue weighted by Gasteiger charge is -2.13. The SMILES string of the molecule is CNCCN(C)C(=O)c1nn[nH]n1. The van der Waals surface area contributed by atoms with Gasteiger partial charge in [-0.2, -0.15) is 5.21 Å². The highest BCUT2D eigenvalue weighted by molar-refractivity contribution is 5.89. The molecule has 1 aromatic rings. The maximum absolute atomic E-state index is 11.4. The van der Waals surface area contributed by atoms with Crippen molar-refractivity contribution in [1.82, 2.24) is 30.8 Å². The van der Waals surface area contributed by atoms with Gasteiger partial charge in [-0.15, -0.1) is 10.2 Å². The number of aromatic nitrogens is 4. The molecule has 0 spiro atoms. The fourth-order valence-electron chi connectivity index (χ4n) is 0.804. The molecule has 0 aromatic carbocycles. The maximum Gasteiger partial charge on any atom is 0.295 e. The molecular formula is C6H12N6O. The molecule has 2 N–H and O–H groups in total. The van der Waals surface area contributed by atoms with Crippen LogP contribution < -0.4 is 5.32 Å². The van der Waals surface area contributed by atoms with Crippen molar-refractivity contribution >= 4 is 5.91 Å². The average molecular weight is 184 g/mol. The highest BCUT2D eigenvalue weighted by Crippen LogP contribution is 1.91. The van der Waals surface area contributed by atoms with Gasteiger partial charge in [0.1, 0.15) is 0 Å². The zero-order chi connectivity index (χ0) is 9.68. The second-order valence-electron chi connectivity index (χ2n) is 2.57. The number of nitrogens with one attached hydrogen (secondary N) is 2. The number of nitrogens with zero attached hydrogens (tertiary/aromatic N) is 4. The molecule has 0 bridgehead atoms. The van der Waals surface area contributed by atoms with E-state index in [2.05, 4.69) is 25.9 Å². The summed E-state index contributed by atoms with van der Waals surface area (Å²) in [6.45, 7) is 1.35. The van der Waals surface area contributed by atoms with Crippen LogP contribution in [0, 0.1) is 0 Å². The third kappa shape index (κ3) is 2.48. The first-order valence-corrected chi connectivity index (χ1v) is 3.89. The number of amides is 1. The van der Waals surface area contributed by atoms with Gasteiger partial charge in [-0.05, 0) is 12.3 Å². The van der Waals surface area contributed by atoms with Crippen LogP contribution in [0.2, 0.25) is 0 Å². The first-order chi connectivity index (χ1) is 6.25. The van der Waals surface area contributed by atoms with Crippen molar-refractivity contribution in [2.24, 2.45) is 0 Å². The van der Waals surface area contributed by atoms with Crippen LogP contribution in [-0.4, -0.2) is 58.6 Å². The third-order valence-electron chi connectivity index (χ3n) is 1.58. The molecule has 7 heteroatoms. The minimum absolute atomic E-state index is 0.0959. The Bertz CT molecular complexity index is 258. The first-order valence-electron chi connectivity index (χ1n) is 3.89. The van der Waals surface area contributed by atoms with E-state index in [1.807, 2.05) is 7.05 Å². The molecular weight excluding hydrogens is 172 g/mol. The van der Waals surface area contributed by atoms with Crippen LogP contribution in [0.4, 0.5) is 0 Å². The lowest BCUT2D eigenvalue weighted by molar-refractivity contribution is 0.0785. The van der Waals surface area contributed by atoms with Gasteiger partial charge in [0.25, 0.3) is 11.7 Å². The molecule has 13 heavy (non-hydrogen) atoms. The predicted molar refractivity (Wildman–Crippen MR) is 45.1 cm³/mol. The van der Waals surface area contributed by atoms with Crippen LogP contribution in [0.15, 0.2) is 0 Å². The molecule has 0 radical (unpaired) electrons. The van der Waals surface area contributed by atoms with Crippen molar-refractivity contribution < 1.29 is 4.79 Å². The number of H-pyrrole nitrogens is 1. The zero-order valence-electron chi connectivity index (χ0n) is 7.61. The van der Waals surface area contributed by atoms with Gasteiger partial charge < -0.3 is 10.2 Å². The summed E-state index contributed by atoms with van der Waals surface area (Å²) in [5.74, 6) is -0.136. The number of carbonyl (C=O) groups is 1. The summed E-state index contributed by atoms with van der Waals surface area (Å²) in [4.78, 5) is 13.0. The highest BCUT2D eigenvalue weighted by Gasteiger charge is 2.14. The Morgan fingerprint density at radius 2 is 2.46 bits per heavy atom. The average Bonchev–Trinajstić information content (AvgIpc) is 2.65. The Hall–Kier alpha value is -1.50. The van der Waals surface area contributed by atoms with E-state index in [0.717, 1.165) is 6.54 Å². The van der Waals surface area contributed by atoms with Gasteiger partial charge in [0, 0.05) is 20.1 Å². The summed E-state index contributed by atoms with van der Waals surface area (Å²) < 4.78 is 0. The van der Waals surface area contributed by atoms with Gasteiger partial charge in [-0.25, -0.2) is 0 Å². The van der Waals surface area contributed by atoms with Crippen LogP contribution in [0.1, 0.15) is 10.6 Å². The van der Waals surface area contributed by atoms with E-state index in [0.29, 0.717) is 6.54 Å². The van der Waals surface area contributed by atoms with Crippen LogP contribution in [-0.2, 0) is 0 Å². The van der Waals surface area contributed by atoms with Crippen molar-refractivity contribution in [3.05, 3.63) is 5.82 Å². The number of likely N-dealkylation sites (N-methyl/N-ethyl adjacent to an activating group) is 2. The van der Waals surface area contributed by atoms with Gasteiger partial charge in [0.05, 0.1) is 0 Å². The Morgan fingerprint density at radius 1 is 1.69 bits per heavy atom. The number of aromatic amines is 1. The van der Waals surface area contributed by atoms with Crippen molar-refractivity contribution in [1.29, 1.82) is 0 Å². The topological polar surface area (TPSA) is 86.8 Å². The Labute approximate surface area is 75.5 Å². The molecule has 7 nitrogen and oxygen atoms in total. The molecule has 1 amide bonds. The quantitative estimate of drug-likeness (QED) is 0.594. The second-order valence-corrected chi connectivity index (χ2v) is 2.57. The smallest absolute Gasteiger partial charge is 0.295 e. The Morgan fingerprint density at radius 3 is 3.00 bits per heavy atom. The molecule has 0 fully saturated rings. The number of tetrazole rings is 1. The molecule has 0 aliphatic carbocycles. The van der Waals surface area contributed by atoms with Gasteiger partial charge in [-0.1, -0.05) is 0 Å². The van der Waals surface area contributed by atoms with E-state index in [9.17, 15) is 4.79 Å². The van der Waals surface area contributed by atoms with Crippen molar-refractivity contribution in [3.63, 3.8) is 0 Å². The number of hydrogen-bond donors (Lipinski definition) is 2. The van der Waals surface area contributed by atoms with Gasteiger partial charge in [0.15, 0.2) is 0 Å². The number of hydrogen-bond acceptors (Lipinski definition) is 5. The lowest BCUT2D eigenvalue weighted by Crippen LogP contribution is -2.33. The van der Waals surface area contributed by atoms with Crippen molar-refractivity contribution in [2.75, 3.05) is 27.2 Å². The number of rotatable bonds is 4. The van der Waals surface area contributed by atoms with E-state index in [-0.39, 0.29) is 11.7 Å². The van der Waals surface area contributed by atoms with E-state index < -0.39 is 0 Å². The first kappa shape index (κ1) is 9.59. The third-order valence-corrected chi connectivity index (χ3v) is 1.58. The predicted octanol–water partition coefficient (Wildman–Crippen LogP) is -1.51. The summed E-state index contributed by atoms with van der Waals surface area (Å²) in [5, 5.41) is 15.6. The molecule has 0 aliphatic heterocycles. The Kier molecular flexibility index (Phi) is 3.32. The molecule has 72 valence electrons. The molecule has 0 unspecified atom stereocenters. The largest absolute Gasteiger partial charge is 0.338 e. The van der Waals surface area contributed by atoms with Crippen LogP contribution in [0.3, 0.4) is 0 Å². The van der Waals surface area contributed by atoms with Gasteiger partial charge in [-0.3, -0.25) is 4.79 Å². The van der Waals surface area contributed by atoms with E-state index in [4.69, 9.17) is 0 Å². The molecule has 1 aromatic heterocycles. The van der Waals surface area contributed by atoms with E-state index in [1.165, 1.54) is 4.90 Å². The molecule has 0 saturated carbocycles. The van der Waals surface area contributed by atoms with Crippen molar-refractivity contribution in [3.8, 4) is 0 Å². The standard InChI is InChI=1S/C6H12N6O/c1-7-3-4-12(2)6(13)5-8-10-11-9-5/h7H,3-4H2,1-2H3,(H,8,9,10,11). The minimum Gasteiger partial charge on any atom is -0.338 e. The molecule has 1 heterocycles. The van der Waals surface area contributed by atoms with Gasteiger partial charge in [0.2, 0.25) is 0 Å². The van der Waals surface area contributed by atoms with Crippen LogP contribution in [0.25, 0.3) is 0 Å². The van der Waals surface area contributed by atoms with E-state index >= 15 is 0 Å². The van der Waals surface area contributed by atoms with Crippen LogP contribution >= 0.6 is 0 Å². The lowest BCUT2D eigenvalue weighted by atomic mass is 10.4. The Balaban J connectivity index is 2.48. The van der Waals surface area contributed by atoms with Crippen LogP contribution in [0.5, 0.6) is 0 Å². The fraction of sp³-hybridized carbons (Fsp3) is 0.667. The molecule has 0 atom stereocenters. The summed E-state index contributed by atoms with van der Waals surface area (Å²) in [6, 6.07) is 0. The maximum atomic E-state index is 11.4. The fourth-order valence-corrected chi connectivity index (χ4v) is 0.804. The molecule has 0 aliphatic rings. The monoisotopic (exact) mass is 184 g/mol. The summed E-state index contributed by atoms with van der Waals surface area (Å²) >= 11 is 0. The summed E-state index contributed by atoms with van der Waals surface area (Å²) in [7, 11) is 3.52. The minimum atomic E-state index is -0.232.